The molecule has 0 unspecified atom stereocenters. The van der Waals surface area contributed by atoms with E-state index in [1.165, 1.54) is 18.5 Å². The van der Waals surface area contributed by atoms with Gasteiger partial charge in [-0.25, -0.2) is 4.98 Å². The van der Waals surface area contributed by atoms with Crippen LogP contribution in [0.1, 0.15) is 56.3 Å². The van der Waals surface area contributed by atoms with Crippen molar-refractivity contribution in [3.8, 4) is 0 Å². The molecule has 1 aromatic rings. The minimum atomic E-state index is -0.320. The van der Waals surface area contributed by atoms with Crippen molar-refractivity contribution in [2.45, 2.75) is 56.9 Å². The molecule has 0 aromatic carbocycles. The highest BCUT2D eigenvalue weighted by Crippen LogP contribution is 2.47. The summed E-state index contributed by atoms with van der Waals surface area (Å²) in [6, 6.07) is 0. The standard InChI is InChI=1S/C23H30N4O2/c28-20(13-18-12-15-1-2-17(18)11-15)26-9-6-23(7-10-26)21-19(24-14-25-21)5-8-27(23)22(29)16-3-4-16/h1-2,14-18H,3-13H2,(H,24,25)/t15-,17+,18+/m1/s1. The number of hydrogen-bond donors (Lipinski definition) is 1. The monoisotopic (exact) mass is 394 g/mol. The van der Waals surface area contributed by atoms with Crippen molar-refractivity contribution in [3.63, 3.8) is 0 Å². The molecule has 0 radical (unpaired) electrons. The van der Waals surface area contributed by atoms with E-state index in [-0.39, 0.29) is 11.5 Å². The summed E-state index contributed by atoms with van der Waals surface area (Å²) in [5.74, 6) is 2.71. The highest BCUT2D eigenvalue weighted by atomic mass is 16.2. The molecule has 1 saturated heterocycles. The maximum atomic E-state index is 13.1. The summed E-state index contributed by atoms with van der Waals surface area (Å²) in [7, 11) is 0. The number of amides is 2. The molecular formula is C23H30N4O2. The Labute approximate surface area is 171 Å². The topological polar surface area (TPSA) is 69.3 Å². The van der Waals surface area contributed by atoms with Gasteiger partial charge >= 0.3 is 0 Å². The summed E-state index contributed by atoms with van der Waals surface area (Å²) in [4.78, 5) is 38.3. The van der Waals surface area contributed by atoms with Crippen molar-refractivity contribution in [3.05, 3.63) is 29.9 Å². The van der Waals surface area contributed by atoms with Gasteiger partial charge in [-0.3, -0.25) is 9.59 Å². The van der Waals surface area contributed by atoms with E-state index in [4.69, 9.17) is 0 Å². The average Bonchev–Trinajstić information content (AvgIpc) is 3.12. The fourth-order valence-electron chi connectivity index (χ4n) is 6.47. The van der Waals surface area contributed by atoms with E-state index in [0.29, 0.717) is 36.0 Å². The normalized spacial score (nSPS) is 32.1. The molecule has 2 amide bonds. The molecule has 6 heteroatoms. The van der Waals surface area contributed by atoms with E-state index >= 15 is 0 Å². The Bertz CT molecular complexity index is 862. The molecule has 3 fully saturated rings. The third-order valence-corrected chi connectivity index (χ3v) is 8.25. The lowest BCUT2D eigenvalue weighted by Gasteiger charge is -2.50. The van der Waals surface area contributed by atoms with Crippen molar-refractivity contribution in [2.75, 3.05) is 19.6 Å². The lowest BCUT2D eigenvalue weighted by Crippen LogP contribution is -2.59. The Hall–Kier alpha value is -2.11. The van der Waals surface area contributed by atoms with E-state index < -0.39 is 0 Å². The van der Waals surface area contributed by atoms with Gasteiger partial charge in [-0.15, -0.1) is 0 Å². The first-order valence-corrected chi connectivity index (χ1v) is 11.4. The molecule has 154 valence electrons. The van der Waals surface area contributed by atoms with Gasteiger partial charge in [0.2, 0.25) is 11.8 Å². The number of aromatic amines is 1. The highest BCUT2D eigenvalue weighted by Gasteiger charge is 2.51. The van der Waals surface area contributed by atoms with Crippen LogP contribution < -0.4 is 0 Å². The lowest BCUT2D eigenvalue weighted by atomic mass is 9.78. The molecule has 29 heavy (non-hydrogen) atoms. The summed E-state index contributed by atoms with van der Waals surface area (Å²) in [6.07, 6.45) is 14.1. The SMILES string of the molecule is O=C(C[C@@H]1C[C@@H]2C=C[C@H]1C2)N1CCC2(CC1)c1nc[nH]c1CCN2C(=O)C1CC1. The summed E-state index contributed by atoms with van der Waals surface area (Å²) < 4.78 is 0. The van der Waals surface area contributed by atoms with Crippen LogP contribution in [0.2, 0.25) is 0 Å². The maximum Gasteiger partial charge on any atom is 0.226 e. The third kappa shape index (κ3) is 2.78. The fourth-order valence-corrected chi connectivity index (χ4v) is 6.47. The Kier molecular flexibility index (Phi) is 3.94. The number of nitrogens with one attached hydrogen (secondary N) is 1. The van der Waals surface area contributed by atoms with Gasteiger partial charge in [-0.2, -0.15) is 0 Å². The number of allylic oxidation sites excluding steroid dienone is 2. The lowest BCUT2D eigenvalue weighted by molar-refractivity contribution is -0.146. The van der Waals surface area contributed by atoms with E-state index in [1.54, 1.807) is 6.33 Å². The van der Waals surface area contributed by atoms with Crippen LogP contribution >= 0.6 is 0 Å². The van der Waals surface area contributed by atoms with Crippen molar-refractivity contribution < 1.29 is 9.59 Å². The first-order chi connectivity index (χ1) is 14.1. The Morgan fingerprint density at radius 3 is 2.66 bits per heavy atom. The number of aromatic nitrogens is 2. The largest absolute Gasteiger partial charge is 0.348 e. The summed E-state index contributed by atoms with van der Waals surface area (Å²) in [6.45, 7) is 2.24. The molecule has 2 aliphatic heterocycles. The minimum absolute atomic E-state index is 0.220. The van der Waals surface area contributed by atoms with Crippen molar-refractivity contribution in [1.82, 2.24) is 19.8 Å². The number of rotatable bonds is 3. The van der Waals surface area contributed by atoms with Crippen LogP contribution in [0.3, 0.4) is 0 Å². The summed E-state index contributed by atoms with van der Waals surface area (Å²) in [5, 5.41) is 0. The number of carbonyl (C=O) groups is 2. The number of nitrogens with zero attached hydrogens (tertiary/aromatic N) is 3. The zero-order valence-corrected chi connectivity index (χ0v) is 17.0. The second kappa shape index (κ2) is 6.44. The molecule has 3 heterocycles. The molecule has 2 bridgehead atoms. The predicted molar refractivity (Wildman–Crippen MR) is 108 cm³/mol. The Balaban J connectivity index is 1.18. The molecule has 1 N–H and O–H groups in total. The van der Waals surface area contributed by atoms with E-state index in [9.17, 15) is 9.59 Å². The minimum Gasteiger partial charge on any atom is -0.348 e. The summed E-state index contributed by atoms with van der Waals surface area (Å²) in [5.41, 5.74) is 1.92. The number of likely N-dealkylation sites (tertiary alicyclic amines) is 1. The van der Waals surface area contributed by atoms with Crippen molar-refractivity contribution in [1.29, 1.82) is 0 Å². The van der Waals surface area contributed by atoms with Gasteiger partial charge in [0.1, 0.15) is 0 Å². The first-order valence-electron chi connectivity index (χ1n) is 11.4. The molecule has 3 aliphatic carbocycles. The third-order valence-electron chi connectivity index (χ3n) is 8.25. The number of carbonyl (C=O) groups excluding carboxylic acids is 2. The number of imidazole rings is 1. The zero-order chi connectivity index (χ0) is 19.6. The smallest absolute Gasteiger partial charge is 0.226 e. The number of piperidine rings is 1. The van der Waals surface area contributed by atoms with Crippen LogP contribution in [0.25, 0.3) is 0 Å². The number of hydrogen-bond acceptors (Lipinski definition) is 3. The van der Waals surface area contributed by atoms with Gasteiger partial charge < -0.3 is 14.8 Å². The quantitative estimate of drug-likeness (QED) is 0.802. The Morgan fingerprint density at radius 2 is 1.97 bits per heavy atom. The second-order valence-corrected chi connectivity index (χ2v) is 9.90. The number of fused-ring (bicyclic) bond motifs is 4. The summed E-state index contributed by atoms with van der Waals surface area (Å²) >= 11 is 0. The fraction of sp³-hybridized carbons (Fsp3) is 0.696. The van der Waals surface area contributed by atoms with Crippen LogP contribution in [0.15, 0.2) is 18.5 Å². The van der Waals surface area contributed by atoms with Gasteiger partial charge in [-0.05, 0) is 56.3 Å². The molecule has 1 spiro atoms. The maximum absolute atomic E-state index is 13.1. The molecule has 6 nitrogen and oxygen atoms in total. The van der Waals surface area contributed by atoms with Gasteiger partial charge in [0, 0.05) is 44.1 Å². The molecule has 2 saturated carbocycles. The first kappa shape index (κ1) is 17.7. The van der Waals surface area contributed by atoms with Crippen LogP contribution in [-0.2, 0) is 21.5 Å². The average molecular weight is 395 g/mol. The molecule has 6 rings (SSSR count). The van der Waals surface area contributed by atoms with Gasteiger partial charge in [0.25, 0.3) is 0 Å². The molecule has 3 atom stereocenters. The van der Waals surface area contributed by atoms with Crippen molar-refractivity contribution >= 4 is 11.8 Å². The van der Waals surface area contributed by atoms with E-state index in [0.717, 1.165) is 57.4 Å². The highest BCUT2D eigenvalue weighted by molar-refractivity contribution is 5.82. The zero-order valence-electron chi connectivity index (χ0n) is 17.0. The van der Waals surface area contributed by atoms with Gasteiger partial charge in [0.15, 0.2) is 0 Å². The van der Waals surface area contributed by atoms with Crippen LogP contribution in [0, 0.1) is 23.7 Å². The van der Waals surface area contributed by atoms with Crippen LogP contribution in [0.4, 0.5) is 0 Å². The number of H-pyrrole nitrogens is 1. The van der Waals surface area contributed by atoms with E-state index in [2.05, 4.69) is 31.9 Å². The molecule has 1 aromatic heterocycles. The van der Waals surface area contributed by atoms with Gasteiger partial charge in [0.05, 0.1) is 17.6 Å². The van der Waals surface area contributed by atoms with Crippen LogP contribution in [-0.4, -0.2) is 51.2 Å². The van der Waals surface area contributed by atoms with Crippen LogP contribution in [0.5, 0.6) is 0 Å². The molecule has 5 aliphatic rings. The van der Waals surface area contributed by atoms with E-state index in [1.807, 2.05) is 0 Å². The predicted octanol–water partition coefficient (Wildman–Crippen LogP) is 2.62. The second-order valence-electron chi connectivity index (χ2n) is 9.90. The van der Waals surface area contributed by atoms with Crippen molar-refractivity contribution in [2.24, 2.45) is 23.7 Å². The Morgan fingerprint density at radius 1 is 1.14 bits per heavy atom. The van der Waals surface area contributed by atoms with Gasteiger partial charge in [-0.1, -0.05) is 12.2 Å². The molecular weight excluding hydrogens is 364 g/mol.